The van der Waals surface area contributed by atoms with Gasteiger partial charge in [-0.05, 0) is 34.2 Å². The minimum absolute atomic E-state index is 0.613. The van der Waals surface area contributed by atoms with Crippen molar-refractivity contribution in [3.63, 3.8) is 0 Å². The van der Waals surface area contributed by atoms with E-state index in [2.05, 4.69) is 43.1 Å². The van der Waals surface area contributed by atoms with E-state index in [-0.39, 0.29) is 0 Å². The number of hydrogen-bond acceptors (Lipinski definition) is 4. The van der Waals surface area contributed by atoms with E-state index in [1.165, 1.54) is 6.42 Å². The molecule has 0 aromatic carbocycles. The van der Waals surface area contributed by atoms with E-state index in [4.69, 9.17) is 5.73 Å². The second kappa shape index (κ2) is 6.64. The number of hydrogen-bond donors (Lipinski definition) is 2. The molecule has 3 N–H and O–H groups in total. The third kappa shape index (κ3) is 3.38. The lowest BCUT2D eigenvalue weighted by Gasteiger charge is -2.23. The van der Waals surface area contributed by atoms with Crippen LogP contribution in [-0.4, -0.2) is 40.9 Å². The summed E-state index contributed by atoms with van der Waals surface area (Å²) in [4.78, 5) is 2.35. The average molecular weight is 253 g/mol. The molecule has 1 aromatic rings. The van der Waals surface area contributed by atoms with Gasteiger partial charge >= 0.3 is 0 Å². The molecule has 1 atom stereocenters. The molecule has 0 aliphatic heterocycles. The lowest BCUT2D eigenvalue weighted by atomic mass is 10.2. The second-order valence-electron chi connectivity index (χ2n) is 4.83. The number of aryl methyl sites for hydroxylation is 2. The van der Waals surface area contributed by atoms with Crippen LogP contribution in [0.5, 0.6) is 0 Å². The fraction of sp³-hybridized carbons (Fsp3) is 0.769. The van der Waals surface area contributed by atoms with Crippen molar-refractivity contribution in [2.24, 2.45) is 0 Å². The monoisotopic (exact) mass is 253 g/mol. The van der Waals surface area contributed by atoms with Gasteiger partial charge in [0.1, 0.15) is 5.82 Å². The molecule has 1 aromatic heterocycles. The molecule has 0 aliphatic carbocycles. The van der Waals surface area contributed by atoms with Crippen LogP contribution in [-0.2, 0) is 6.54 Å². The van der Waals surface area contributed by atoms with Crippen LogP contribution in [0.25, 0.3) is 0 Å². The van der Waals surface area contributed by atoms with Gasteiger partial charge in [-0.3, -0.25) is 0 Å². The van der Waals surface area contributed by atoms with Gasteiger partial charge in [-0.2, -0.15) is 5.10 Å². The summed E-state index contributed by atoms with van der Waals surface area (Å²) in [5.41, 5.74) is 7.69. The summed E-state index contributed by atoms with van der Waals surface area (Å²) in [6, 6.07) is 0.613. The number of nitrogens with one attached hydrogen (secondary N) is 1. The Morgan fingerprint density at radius 2 is 2.11 bits per heavy atom. The molecule has 0 fully saturated rings. The van der Waals surface area contributed by atoms with Gasteiger partial charge < -0.3 is 16.0 Å². The molecule has 0 radical (unpaired) electrons. The lowest BCUT2D eigenvalue weighted by molar-refractivity contribution is 0.261. The maximum absolute atomic E-state index is 6.02. The van der Waals surface area contributed by atoms with Gasteiger partial charge in [0.05, 0.1) is 11.4 Å². The van der Waals surface area contributed by atoms with Crippen LogP contribution in [0.4, 0.5) is 11.5 Å². The molecule has 1 heterocycles. The first-order chi connectivity index (χ1) is 8.51. The normalized spacial score (nSPS) is 13.0. The van der Waals surface area contributed by atoms with Crippen molar-refractivity contribution < 1.29 is 0 Å². The van der Waals surface area contributed by atoms with E-state index >= 15 is 0 Å². The summed E-state index contributed by atoms with van der Waals surface area (Å²) in [7, 11) is 2.15. The number of nitrogens with zero attached hydrogens (tertiary/aromatic N) is 3. The summed E-state index contributed by atoms with van der Waals surface area (Å²) < 4.78 is 1.92. The standard InChI is InChI=1S/C13H27N5/c1-6-10(3)17(5)9-8-15-13-12(14)11(4)16-18(13)7-2/h10,15H,6-9,14H2,1-5H3. The number of likely N-dealkylation sites (N-methyl/N-ethyl adjacent to an activating group) is 1. The van der Waals surface area contributed by atoms with Crippen molar-refractivity contribution in [1.29, 1.82) is 0 Å². The van der Waals surface area contributed by atoms with Crippen molar-refractivity contribution >= 4 is 11.5 Å². The predicted molar refractivity (Wildman–Crippen MR) is 77.9 cm³/mol. The van der Waals surface area contributed by atoms with Crippen molar-refractivity contribution in [1.82, 2.24) is 14.7 Å². The Labute approximate surface area is 110 Å². The highest BCUT2D eigenvalue weighted by Crippen LogP contribution is 2.21. The first-order valence-corrected chi connectivity index (χ1v) is 6.78. The summed E-state index contributed by atoms with van der Waals surface area (Å²) in [6.07, 6.45) is 1.17. The molecule has 18 heavy (non-hydrogen) atoms. The van der Waals surface area contributed by atoms with Crippen molar-refractivity contribution in [3.05, 3.63) is 5.69 Å². The van der Waals surface area contributed by atoms with Crippen LogP contribution in [0.1, 0.15) is 32.9 Å². The Balaban J connectivity index is 2.53. The van der Waals surface area contributed by atoms with Crippen LogP contribution >= 0.6 is 0 Å². The number of anilines is 2. The minimum atomic E-state index is 0.613. The zero-order chi connectivity index (χ0) is 13.7. The third-order valence-electron chi connectivity index (χ3n) is 3.57. The van der Waals surface area contributed by atoms with E-state index in [0.29, 0.717) is 6.04 Å². The SMILES string of the molecule is CCC(C)N(C)CCNc1c(N)c(C)nn1CC. The maximum Gasteiger partial charge on any atom is 0.148 e. The predicted octanol–water partition coefficient (Wildman–Crippen LogP) is 1.94. The van der Waals surface area contributed by atoms with Crippen LogP contribution < -0.4 is 11.1 Å². The molecule has 1 unspecified atom stereocenters. The van der Waals surface area contributed by atoms with Gasteiger partial charge in [0, 0.05) is 25.7 Å². The zero-order valence-corrected chi connectivity index (χ0v) is 12.3. The van der Waals surface area contributed by atoms with Gasteiger partial charge in [-0.1, -0.05) is 6.92 Å². The summed E-state index contributed by atoms with van der Waals surface area (Å²) >= 11 is 0. The van der Waals surface area contributed by atoms with Gasteiger partial charge in [0.2, 0.25) is 0 Å². The van der Waals surface area contributed by atoms with Crippen molar-refractivity contribution in [2.75, 3.05) is 31.2 Å². The zero-order valence-electron chi connectivity index (χ0n) is 12.3. The molecular formula is C13H27N5. The third-order valence-corrected chi connectivity index (χ3v) is 3.57. The Kier molecular flexibility index (Phi) is 5.47. The van der Waals surface area contributed by atoms with E-state index in [1.54, 1.807) is 0 Å². The van der Waals surface area contributed by atoms with Crippen LogP contribution in [0.3, 0.4) is 0 Å². The van der Waals surface area contributed by atoms with Crippen molar-refractivity contribution in [3.8, 4) is 0 Å². The Morgan fingerprint density at radius 1 is 1.44 bits per heavy atom. The number of aromatic nitrogens is 2. The molecular weight excluding hydrogens is 226 g/mol. The van der Waals surface area contributed by atoms with Gasteiger partial charge in [0.25, 0.3) is 0 Å². The van der Waals surface area contributed by atoms with Gasteiger partial charge in [-0.25, -0.2) is 4.68 Å². The molecule has 0 amide bonds. The molecule has 0 bridgehead atoms. The van der Waals surface area contributed by atoms with E-state index < -0.39 is 0 Å². The van der Waals surface area contributed by atoms with Crippen LogP contribution in [0.15, 0.2) is 0 Å². The summed E-state index contributed by atoms with van der Waals surface area (Å²) in [5.74, 6) is 0.951. The van der Waals surface area contributed by atoms with Crippen LogP contribution in [0.2, 0.25) is 0 Å². The topological polar surface area (TPSA) is 59.1 Å². The number of rotatable bonds is 7. The van der Waals surface area contributed by atoms with E-state index in [9.17, 15) is 0 Å². The van der Waals surface area contributed by atoms with E-state index in [1.807, 2.05) is 11.6 Å². The highest BCUT2D eigenvalue weighted by Gasteiger charge is 2.11. The Hall–Kier alpha value is -1.23. The number of nitrogen functional groups attached to an aromatic ring is 1. The number of nitrogens with two attached hydrogens (primary N) is 1. The molecule has 5 nitrogen and oxygen atoms in total. The molecule has 0 aliphatic rings. The average Bonchev–Trinajstić information content (AvgIpc) is 2.65. The van der Waals surface area contributed by atoms with Gasteiger partial charge in [0.15, 0.2) is 0 Å². The Morgan fingerprint density at radius 3 is 2.67 bits per heavy atom. The summed E-state index contributed by atoms with van der Waals surface area (Å²) in [5, 5.41) is 7.79. The molecule has 0 saturated heterocycles. The van der Waals surface area contributed by atoms with E-state index in [0.717, 1.165) is 36.8 Å². The smallest absolute Gasteiger partial charge is 0.148 e. The largest absolute Gasteiger partial charge is 0.394 e. The molecule has 1 rings (SSSR count). The second-order valence-corrected chi connectivity index (χ2v) is 4.83. The molecule has 104 valence electrons. The first kappa shape index (κ1) is 14.8. The lowest BCUT2D eigenvalue weighted by Crippen LogP contribution is -2.33. The van der Waals surface area contributed by atoms with Crippen molar-refractivity contribution in [2.45, 2.75) is 46.7 Å². The fourth-order valence-electron chi connectivity index (χ4n) is 1.89. The Bertz CT molecular complexity index is 372. The summed E-state index contributed by atoms with van der Waals surface area (Å²) in [6.45, 7) is 11.2. The molecule has 0 saturated carbocycles. The quantitative estimate of drug-likeness (QED) is 0.779. The minimum Gasteiger partial charge on any atom is -0.394 e. The highest BCUT2D eigenvalue weighted by molar-refractivity contribution is 5.64. The first-order valence-electron chi connectivity index (χ1n) is 6.78. The highest BCUT2D eigenvalue weighted by atomic mass is 15.3. The molecule has 0 spiro atoms. The fourth-order valence-corrected chi connectivity index (χ4v) is 1.89. The molecule has 5 heteroatoms. The van der Waals surface area contributed by atoms with Crippen LogP contribution in [0, 0.1) is 6.92 Å². The van der Waals surface area contributed by atoms with Gasteiger partial charge in [-0.15, -0.1) is 0 Å². The maximum atomic E-state index is 6.02.